The van der Waals surface area contributed by atoms with E-state index in [1.807, 2.05) is 37.3 Å². The van der Waals surface area contributed by atoms with E-state index in [-0.39, 0.29) is 12.3 Å². The van der Waals surface area contributed by atoms with E-state index >= 15 is 0 Å². The maximum atomic E-state index is 12.7. The largest absolute Gasteiger partial charge is 0.494 e. The van der Waals surface area contributed by atoms with E-state index < -0.39 is 5.97 Å². The van der Waals surface area contributed by atoms with Crippen molar-refractivity contribution in [2.75, 3.05) is 13.2 Å². The van der Waals surface area contributed by atoms with Crippen molar-refractivity contribution in [2.24, 2.45) is 0 Å². The minimum Gasteiger partial charge on any atom is -0.494 e. The minimum atomic E-state index is -0.708. The molecule has 0 atom stereocenters. The molecule has 5 nitrogen and oxygen atoms in total. The third kappa shape index (κ3) is 8.48. The van der Waals surface area contributed by atoms with E-state index in [9.17, 15) is 9.59 Å². The summed E-state index contributed by atoms with van der Waals surface area (Å²) in [4.78, 5) is 25.5. The number of rotatable bonds is 14. The Morgan fingerprint density at radius 2 is 1.67 bits per heavy atom. The zero-order valence-corrected chi connectivity index (χ0v) is 19.2. The lowest BCUT2D eigenvalue weighted by Crippen LogP contribution is -2.29. The van der Waals surface area contributed by atoms with Crippen molar-refractivity contribution in [3.8, 4) is 5.75 Å². The van der Waals surface area contributed by atoms with Gasteiger partial charge in [-0.15, -0.1) is 0 Å². The summed E-state index contributed by atoms with van der Waals surface area (Å²) >= 11 is 6.78. The maximum Gasteiger partial charge on any atom is 0.303 e. The van der Waals surface area contributed by atoms with Gasteiger partial charge in [0.1, 0.15) is 10.1 Å². The molecule has 1 aromatic carbocycles. The van der Waals surface area contributed by atoms with Crippen LogP contribution in [0.3, 0.4) is 0 Å². The molecule has 1 aliphatic rings. The van der Waals surface area contributed by atoms with Crippen LogP contribution in [-0.4, -0.2) is 39.4 Å². The Morgan fingerprint density at radius 1 is 1.07 bits per heavy atom. The molecule has 0 bridgehead atoms. The summed E-state index contributed by atoms with van der Waals surface area (Å²) in [6.45, 7) is 3.25. The van der Waals surface area contributed by atoms with Crippen molar-refractivity contribution in [1.29, 1.82) is 0 Å². The van der Waals surface area contributed by atoms with Crippen LogP contribution in [0.15, 0.2) is 29.2 Å². The topological polar surface area (TPSA) is 66.8 Å². The highest BCUT2D eigenvalue weighted by molar-refractivity contribution is 8.26. The molecule has 2 rings (SSSR count). The minimum absolute atomic E-state index is 0.00249. The molecule has 0 spiro atoms. The van der Waals surface area contributed by atoms with Gasteiger partial charge in [0, 0.05) is 13.0 Å². The standard InChI is InChI=1S/C23H31NO4S2/c1-2-28-19-14-12-18(13-15-19)17-20-22(27)24(23(29)30-20)16-10-8-6-4-3-5-7-9-11-21(25)26/h12-15,17H,2-11,16H2,1H3,(H,25,26)/b20-17-. The normalized spacial score (nSPS) is 15.2. The molecule has 1 amide bonds. The lowest BCUT2D eigenvalue weighted by atomic mass is 10.1. The number of amides is 1. The number of carboxylic acid groups (broad SMARTS) is 1. The summed E-state index contributed by atoms with van der Waals surface area (Å²) in [5.74, 6) is 0.111. The van der Waals surface area contributed by atoms with Gasteiger partial charge in [0.15, 0.2) is 0 Å². The molecular formula is C23H31NO4S2. The summed E-state index contributed by atoms with van der Waals surface area (Å²) < 4.78 is 6.08. The molecule has 1 heterocycles. The summed E-state index contributed by atoms with van der Waals surface area (Å²) in [6.07, 6.45) is 10.5. The molecule has 164 valence electrons. The first-order valence-corrected chi connectivity index (χ1v) is 11.9. The van der Waals surface area contributed by atoms with E-state index in [1.165, 1.54) is 11.8 Å². The average Bonchev–Trinajstić information content (AvgIpc) is 2.98. The predicted octanol–water partition coefficient (Wildman–Crippen LogP) is 5.88. The number of thioether (sulfide) groups is 1. The van der Waals surface area contributed by atoms with Crippen LogP contribution in [0.25, 0.3) is 6.08 Å². The zero-order valence-electron chi connectivity index (χ0n) is 17.6. The number of benzene rings is 1. The number of unbranched alkanes of at least 4 members (excludes halogenated alkanes) is 7. The fourth-order valence-corrected chi connectivity index (χ4v) is 4.59. The Morgan fingerprint density at radius 3 is 2.27 bits per heavy atom. The van der Waals surface area contributed by atoms with E-state index in [0.717, 1.165) is 62.7 Å². The lowest BCUT2D eigenvalue weighted by molar-refractivity contribution is -0.137. The Kier molecular flexibility index (Phi) is 10.9. The number of carbonyl (C=O) groups is 2. The molecule has 30 heavy (non-hydrogen) atoms. The van der Waals surface area contributed by atoms with Crippen molar-refractivity contribution in [1.82, 2.24) is 4.90 Å². The molecule has 1 aromatic rings. The molecule has 0 radical (unpaired) electrons. The number of carbonyl (C=O) groups excluding carboxylic acids is 1. The first kappa shape index (κ1) is 24.4. The molecule has 1 N–H and O–H groups in total. The first-order valence-electron chi connectivity index (χ1n) is 10.7. The van der Waals surface area contributed by atoms with Crippen LogP contribution < -0.4 is 4.74 Å². The number of aliphatic carboxylic acids is 1. The van der Waals surface area contributed by atoms with Crippen molar-refractivity contribution >= 4 is 46.3 Å². The van der Waals surface area contributed by atoms with Crippen molar-refractivity contribution in [3.63, 3.8) is 0 Å². The molecule has 0 saturated carbocycles. The van der Waals surface area contributed by atoms with Crippen molar-refractivity contribution < 1.29 is 19.4 Å². The van der Waals surface area contributed by atoms with Gasteiger partial charge in [-0.25, -0.2) is 0 Å². The number of carboxylic acids is 1. The SMILES string of the molecule is CCOc1ccc(/C=C2\SC(=S)N(CCCCCCCCCCC(=O)O)C2=O)cc1. The second-order valence-electron chi connectivity index (χ2n) is 7.31. The molecule has 0 aliphatic carbocycles. The van der Waals surface area contributed by atoms with Crippen LogP contribution in [-0.2, 0) is 9.59 Å². The second-order valence-corrected chi connectivity index (χ2v) is 8.98. The lowest BCUT2D eigenvalue weighted by Gasteiger charge is -2.14. The molecule has 0 unspecified atom stereocenters. The van der Waals surface area contributed by atoms with Crippen molar-refractivity contribution in [2.45, 2.75) is 64.7 Å². The van der Waals surface area contributed by atoms with Crippen LogP contribution in [0.1, 0.15) is 70.3 Å². The fourth-order valence-electron chi connectivity index (χ4n) is 3.28. The highest BCUT2D eigenvalue weighted by atomic mass is 32.2. The Balaban J connectivity index is 1.67. The molecule has 7 heteroatoms. The number of thiocarbonyl (C=S) groups is 1. The van der Waals surface area contributed by atoms with Gasteiger partial charge in [0.05, 0.1) is 11.5 Å². The van der Waals surface area contributed by atoms with E-state index in [1.54, 1.807) is 4.90 Å². The van der Waals surface area contributed by atoms with E-state index in [4.69, 9.17) is 22.1 Å². The number of hydrogen-bond donors (Lipinski definition) is 1. The summed E-state index contributed by atoms with van der Waals surface area (Å²) in [7, 11) is 0. The summed E-state index contributed by atoms with van der Waals surface area (Å²) in [5.41, 5.74) is 0.960. The Hall–Kier alpha value is -1.86. The number of nitrogens with zero attached hydrogens (tertiary/aromatic N) is 1. The highest BCUT2D eigenvalue weighted by Gasteiger charge is 2.31. The quantitative estimate of drug-likeness (QED) is 0.217. The van der Waals surface area contributed by atoms with Gasteiger partial charge in [-0.1, -0.05) is 74.6 Å². The second kappa shape index (κ2) is 13.4. The highest BCUT2D eigenvalue weighted by Crippen LogP contribution is 2.33. The van der Waals surface area contributed by atoms with Gasteiger partial charge in [-0.05, 0) is 43.5 Å². The first-order chi connectivity index (χ1) is 14.5. The monoisotopic (exact) mass is 449 g/mol. The van der Waals surface area contributed by atoms with Crippen LogP contribution >= 0.6 is 24.0 Å². The summed E-state index contributed by atoms with van der Waals surface area (Å²) in [6, 6.07) is 7.70. The van der Waals surface area contributed by atoms with Crippen LogP contribution in [0.5, 0.6) is 5.75 Å². The van der Waals surface area contributed by atoms with Crippen LogP contribution in [0, 0.1) is 0 Å². The average molecular weight is 450 g/mol. The third-order valence-corrected chi connectivity index (χ3v) is 6.26. The van der Waals surface area contributed by atoms with Gasteiger partial charge in [0.2, 0.25) is 0 Å². The van der Waals surface area contributed by atoms with E-state index in [2.05, 4.69) is 0 Å². The third-order valence-electron chi connectivity index (χ3n) is 4.88. The summed E-state index contributed by atoms with van der Waals surface area (Å²) in [5, 5.41) is 8.61. The molecule has 1 saturated heterocycles. The fraction of sp³-hybridized carbons (Fsp3) is 0.522. The van der Waals surface area contributed by atoms with Crippen molar-refractivity contribution in [3.05, 3.63) is 34.7 Å². The van der Waals surface area contributed by atoms with Gasteiger partial charge < -0.3 is 9.84 Å². The smallest absolute Gasteiger partial charge is 0.303 e. The Labute approximate surface area is 188 Å². The zero-order chi connectivity index (χ0) is 21.8. The van der Waals surface area contributed by atoms with Gasteiger partial charge in [-0.3, -0.25) is 14.5 Å². The number of ether oxygens (including phenoxy) is 1. The predicted molar refractivity (Wildman–Crippen MR) is 127 cm³/mol. The molecule has 0 aromatic heterocycles. The van der Waals surface area contributed by atoms with Gasteiger partial charge >= 0.3 is 5.97 Å². The molecule has 1 aliphatic heterocycles. The van der Waals surface area contributed by atoms with Gasteiger partial charge in [-0.2, -0.15) is 0 Å². The molecule has 1 fully saturated rings. The van der Waals surface area contributed by atoms with E-state index in [0.29, 0.717) is 22.4 Å². The molecular weight excluding hydrogens is 418 g/mol. The van der Waals surface area contributed by atoms with Crippen LogP contribution in [0.4, 0.5) is 0 Å². The number of hydrogen-bond acceptors (Lipinski definition) is 5. The maximum absolute atomic E-state index is 12.7. The van der Waals surface area contributed by atoms with Gasteiger partial charge in [0.25, 0.3) is 5.91 Å². The Bertz CT molecular complexity index is 746. The van der Waals surface area contributed by atoms with Crippen LogP contribution in [0.2, 0.25) is 0 Å².